The van der Waals surface area contributed by atoms with Gasteiger partial charge in [-0.05, 0) is 37.1 Å². The molecule has 0 saturated heterocycles. The maximum atomic E-state index is 14.8. The number of nitrogens with two attached hydrogens (primary N) is 2. The lowest BCUT2D eigenvalue weighted by molar-refractivity contribution is 0.558. The molecule has 0 aliphatic heterocycles. The summed E-state index contributed by atoms with van der Waals surface area (Å²) in [5.74, 6) is -1.63. The van der Waals surface area contributed by atoms with Gasteiger partial charge in [-0.3, -0.25) is 13.6 Å². The number of benzene rings is 2. The van der Waals surface area contributed by atoms with Gasteiger partial charge in [-0.1, -0.05) is 12.1 Å². The first-order valence-corrected chi connectivity index (χ1v) is 12.7. The summed E-state index contributed by atoms with van der Waals surface area (Å²) in [5.41, 5.74) is 10.4. The van der Waals surface area contributed by atoms with Gasteiger partial charge in [0.1, 0.15) is 40.6 Å². The Bertz CT molecular complexity index is 1610. The van der Waals surface area contributed by atoms with Gasteiger partial charge in [0, 0.05) is 19.2 Å². The fourth-order valence-electron chi connectivity index (χ4n) is 3.94. The maximum absolute atomic E-state index is 14.8. The highest BCUT2D eigenvalue weighted by atomic mass is 32.2. The number of halogens is 2. The summed E-state index contributed by atoms with van der Waals surface area (Å²) >= 11 is 0. The largest absolute Gasteiger partial charge is 0.382 e. The molecule has 0 spiro atoms. The summed E-state index contributed by atoms with van der Waals surface area (Å²) < 4.78 is 42.7. The number of hydrogen-bond acceptors (Lipinski definition) is 9. The van der Waals surface area contributed by atoms with E-state index in [0.29, 0.717) is 19.4 Å². The number of hydrogen-bond donors (Lipinski definition) is 3. The normalized spacial score (nSPS) is 11.8. The van der Waals surface area contributed by atoms with Crippen LogP contribution in [0.4, 0.5) is 26.4 Å². The molecule has 2 heterocycles. The number of nitrogen functional groups attached to an aromatic ring is 2. The van der Waals surface area contributed by atoms with Crippen LogP contribution < -0.4 is 22.3 Å². The summed E-state index contributed by atoms with van der Waals surface area (Å²) in [7, 11) is -1.53. The highest BCUT2D eigenvalue weighted by molar-refractivity contribution is 7.84. The highest BCUT2D eigenvalue weighted by Crippen LogP contribution is 2.23. The minimum atomic E-state index is -1.53. The first kappa shape index (κ1) is 25.6. The molecule has 10 nitrogen and oxygen atoms in total. The molecule has 5 N–H and O–H groups in total. The van der Waals surface area contributed by atoms with E-state index >= 15 is 0 Å². The van der Waals surface area contributed by atoms with Crippen molar-refractivity contribution in [2.75, 3.05) is 29.6 Å². The Labute approximate surface area is 212 Å². The number of rotatable bonds is 8. The van der Waals surface area contributed by atoms with Crippen molar-refractivity contribution in [2.45, 2.75) is 24.2 Å². The molecule has 0 saturated carbocycles. The minimum Gasteiger partial charge on any atom is -0.382 e. The number of nitriles is 1. The Hall–Kier alpha value is -4.44. The predicted molar refractivity (Wildman–Crippen MR) is 137 cm³/mol. The Morgan fingerprint density at radius 3 is 2.46 bits per heavy atom. The second kappa shape index (κ2) is 10.7. The van der Waals surface area contributed by atoms with E-state index in [-0.39, 0.29) is 51.2 Å². The first-order chi connectivity index (χ1) is 17.7. The van der Waals surface area contributed by atoms with Crippen LogP contribution in [0.15, 0.2) is 46.1 Å². The van der Waals surface area contributed by atoms with Gasteiger partial charge in [0.05, 0.1) is 26.6 Å². The first-order valence-electron chi connectivity index (χ1n) is 11.1. The van der Waals surface area contributed by atoms with Crippen LogP contribution in [0, 0.1) is 23.0 Å². The molecule has 0 radical (unpaired) electrons. The van der Waals surface area contributed by atoms with Crippen molar-refractivity contribution >= 4 is 39.3 Å². The van der Waals surface area contributed by atoms with Gasteiger partial charge in [-0.25, -0.2) is 13.8 Å². The molecular weight excluding hydrogens is 502 g/mol. The molecule has 1 atom stereocenters. The second-order valence-corrected chi connectivity index (χ2v) is 9.38. The maximum Gasteiger partial charge on any atom is 0.267 e. The fraction of sp³-hybridized carbons (Fsp3) is 0.208. The van der Waals surface area contributed by atoms with E-state index < -0.39 is 33.7 Å². The van der Waals surface area contributed by atoms with E-state index in [4.69, 9.17) is 11.5 Å². The highest BCUT2D eigenvalue weighted by Gasteiger charge is 2.21. The van der Waals surface area contributed by atoms with Gasteiger partial charge in [0.25, 0.3) is 5.56 Å². The fourth-order valence-corrected chi connectivity index (χ4v) is 4.68. The molecule has 2 aromatic carbocycles. The van der Waals surface area contributed by atoms with Crippen LogP contribution in [0.1, 0.15) is 24.2 Å². The van der Waals surface area contributed by atoms with Gasteiger partial charge in [0.2, 0.25) is 5.95 Å². The molecule has 4 rings (SSSR count). The van der Waals surface area contributed by atoms with Crippen molar-refractivity contribution in [1.29, 1.82) is 5.26 Å². The number of nitrogens with zero attached hydrogens (tertiary/aromatic N) is 5. The summed E-state index contributed by atoms with van der Waals surface area (Å²) in [6.07, 6.45) is 2.58. The van der Waals surface area contributed by atoms with Crippen molar-refractivity contribution in [3.63, 3.8) is 0 Å². The van der Waals surface area contributed by atoms with Gasteiger partial charge in [-0.2, -0.15) is 15.2 Å². The molecular formula is C24H22F2N8O2S. The number of anilines is 3. The van der Waals surface area contributed by atoms with Gasteiger partial charge in [-0.15, -0.1) is 0 Å². The molecule has 37 heavy (non-hydrogen) atoms. The number of fused-ring (bicyclic) bond motifs is 1. The van der Waals surface area contributed by atoms with Crippen molar-refractivity contribution < 1.29 is 13.0 Å². The zero-order valence-electron chi connectivity index (χ0n) is 19.7. The summed E-state index contributed by atoms with van der Waals surface area (Å²) in [6.45, 7) is 0.357. The molecule has 0 bridgehead atoms. The zero-order valence-corrected chi connectivity index (χ0v) is 20.5. The van der Waals surface area contributed by atoms with E-state index in [1.807, 2.05) is 6.07 Å². The third-order valence-electron chi connectivity index (χ3n) is 5.59. The minimum absolute atomic E-state index is 0.0406. The molecule has 190 valence electrons. The second-order valence-electron chi connectivity index (χ2n) is 8.03. The van der Waals surface area contributed by atoms with E-state index in [1.54, 1.807) is 12.1 Å². The summed E-state index contributed by atoms with van der Waals surface area (Å²) in [5, 5.41) is 12.3. The predicted octanol–water partition coefficient (Wildman–Crippen LogP) is 2.66. The van der Waals surface area contributed by atoms with Crippen molar-refractivity contribution in [2.24, 2.45) is 0 Å². The Kier molecular flexibility index (Phi) is 7.40. The van der Waals surface area contributed by atoms with Crippen molar-refractivity contribution in [3.8, 4) is 11.8 Å². The van der Waals surface area contributed by atoms with Crippen LogP contribution in [0.2, 0.25) is 0 Å². The number of para-hydroxylation sites is 1. The van der Waals surface area contributed by atoms with Crippen LogP contribution in [0.25, 0.3) is 16.6 Å². The van der Waals surface area contributed by atoms with E-state index in [0.717, 1.165) is 16.7 Å². The number of aryl methyl sites for hydroxylation is 1. The number of unbranched alkanes of at least 4 members (excludes halogenated alkanes) is 1. The summed E-state index contributed by atoms with van der Waals surface area (Å²) in [6, 6.07) is 9.97. The molecule has 13 heteroatoms. The van der Waals surface area contributed by atoms with Crippen molar-refractivity contribution in [1.82, 2.24) is 19.5 Å². The van der Waals surface area contributed by atoms with Crippen LogP contribution in [-0.2, 0) is 17.2 Å². The van der Waals surface area contributed by atoms with Gasteiger partial charge < -0.3 is 16.8 Å². The average Bonchev–Trinajstić information content (AvgIpc) is 2.84. The van der Waals surface area contributed by atoms with Crippen LogP contribution >= 0.6 is 0 Å². The van der Waals surface area contributed by atoms with Crippen LogP contribution in [0.3, 0.4) is 0 Å². The van der Waals surface area contributed by atoms with E-state index in [9.17, 15) is 23.0 Å². The topological polar surface area (TPSA) is 166 Å². The third kappa shape index (κ3) is 5.10. The van der Waals surface area contributed by atoms with E-state index in [1.165, 1.54) is 18.4 Å². The molecule has 0 aliphatic rings. The van der Waals surface area contributed by atoms with Crippen LogP contribution in [-0.4, -0.2) is 36.5 Å². The van der Waals surface area contributed by atoms with Gasteiger partial charge >= 0.3 is 0 Å². The van der Waals surface area contributed by atoms with Crippen molar-refractivity contribution in [3.05, 3.63) is 69.8 Å². The Morgan fingerprint density at radius 2 is 1.78 bits per heavy atom. The van der Waals surface area contributed by atoms with Gasteiger partial charge in [0.15, 0.2) is 5.82 Å². The molecule has 0 aliphatic carbocycles. The standard InChI is InChI=1S/C24H22F2N8O2S/c1-37(36)17-9-5-8-16-19(17)23(35)34(20-14(25)6-4-7-15(20)26)18(31-16)10-2-3-11-30-22-13(12-27)21(28)32-24(29)33-22/h4-9H,2-3,10-11H2,1H3,(H5,28,29,30,32,33). The lowest BCUT2D eigenvalue weighted by atomic mass is 10.1. The lowest BCUT2D eigenvalue weighted by Gasteiger charge is -2.16. The van der Waals surface area contributed by atoms with E-state index in [2.05, 4.69) is 20.3 Å². The Balaban J connectivity index is 1.67. The number of nitrogens with one attached hydrogen (secondary N) is 1. The number of aromatic nitrogens is 4. The molecule has 2 aromatic heterocycles. The quantitative estimate of drug-likeness (QED) is 0.294. The SMILES string of the molecule is CS(=O)c1cccc2nc(CCCCNc3nc(N)nc(N)c3C#N)n(-c3c(F)cccc3F)c(=O)c12. The molecule has 1 unspecified atom stereocenters. The molecule has 4 aromatic rings. The summed E-state index contributed by atoms with van der Waals surface area (Å²) in [4.78, 5) is 26.1. The average molecular weight is 525 g/mol. The molecule has 0 fully saturated rings. The zero-order chi connectivity index (χ0) is 26.7. The third-order valence-corrected chi connectivity index (χ3v) is 6.54. The van der Waals surface area contributed by atoms with Crippen LogP contribution in [0.5, 0.6) is 0 Å². The Morgan fingerprint density at radius 1 is 1.08 bits per heavy atom. The molecule has 0 amide bonds. The lowest BCUT2D eigenvalue weighted by Crippen LogP contribution is -2.26. The monoisotopic (exact) mass is 524 g/mol. The smallest absolute Gasteiger partial charge is 0.267 e.